The highest BCUT2D eigenvalue weighted by Crippen LogP contribution is 2.42. The predicted molar refractivity (Wildman–Crippen MR) is 67.2 cm³/mol. The normalized spacial score (nSPS) is 13.1. The van der Waals surface area contributed by atoms with E-state index >= 15 is 0 Å². The van der Waals surface area contributed by atoms with Crippen molar-refractivity contribution >= 4 is 34.2 Å². The largest absolute Gasteiger partial charge is 0.335 e. The first-order valence-corrected chi connectivity index (χ1v) is 5.15. The third-order valence-corrected chi connectivity index (χ3v) is 2.91. The minimum atomic E-state index is -0.395. The van der Waals surface area contributed by atoms with Crippen molar-refractivity contribution in [1.82, 2.24) is 0 Å². The van der Waals surface area contributed by atoms with Crippen LogP contribution in [0.25, 0.3) is 10.8 Å². The van der Waals surface area contributed by atoms with Gasteiger partial charge in [0.25, 0.3) is 5.69 Å². The molecule has 0 spiro atoms. The van der Waals surface area contributed by atoms with Gasteiger partial charge in [0.05, 0.1) is 16.9 Å². The topological polar surface area (TPSA) is 58.7 Å². The molecule has 1 heterocycles. The maximum atomic E-state index is 11.0. The third-order valence-electron chi connectivity index (χ3n) is 2.91. The van der Waals surface area contributed by atoms with Gasteiger partial charge in [-0.15, -0.1) is 0 Å². The lowest BCUT2D eigenvalue weighted by atomic mass is 10.0. The number of hydrogen-bond acceptors (Lipinski definition) is 4. The van der Waals surface area contributed by atoms with E-state index in [9.17, 15) is 10.1 Å². The van der Waals surface area contributed by atoms with Crippen LogP contribution < -0.4 is 4.90 Å². The molecular weight excluding hydrogens is 218 g/mol. The first kappa shape index (κ1) is 9.77. The lowest BCUT2D eigenvalue weighted by Gasteiger charge is -2.20. The fourth-order valence-corrected chi connectivity index (χ4v) is 2.11. The second-order valence-corrected chi connectivity index (χ2v) is 3.92. The number of anilines is 1. The molecule has 84 valence electrons. The molecule has 17 heavy (non-hydrogen) atoms. The van der Waals surface area contributed by atoms with Crippen molar-refractivity contribution in [2.75, 3.05) is 11.9 Å². The molecule has 0 aliphatic carbocycles. The molecule has 0 aromatic heterocycles. The molecule has 3 rings (SSSR count). The zero-order valence-corrected chi connectivity index (χ0v) is 9.12. The molecule has 0 saturated heterocycles. The number of nitro groups is 1. The minimum Gasteiger partial charge on any atom is -0.335 e. The molecule has 1 aliphatic heterocycles. The monoisotopic (exact) mass is 227 g/mol. The van der Waals surface area contributed by atoms with Crippen LogP contribution in [0.2, 0.25) is 0 Å². The summed E-state index contributed by atoms with van der Waals surface area (Å²) in [6.45, 7) is 0. The van der Waals surface area contributed by atoms with E-state index in [1.165, 1.54) is 6.07 Å². The Morgan fingerprint density at radius 2 is 2.12 bits per heavy atom. The second-order valence-electron chi connectivity index (χ2n) is 3.92. The Morgan fingerprint density at radius 3 is 2.88 bits per heavy atom. The third kappa shape index (κ3) is 1.29. The number of nitro benzene ring substituents is 1. The van der Waals surface area contributed by atoms with Crippen LogP contribution >= 0.6 is 0 Å². The van der Waals surface area contributed by atoms with Crippen molar-refractivity contribution in [3.8, 4) is 0 Å². The summed E-state index contributed by atoms with van der Waals surface area (Å²) in [5, 5.41) is 12.8. The Kier molecular flexibility index (Phi) is 1.89. The molecule has 0 unspecified atom stereocenters. The fraction of sp³-hybridized carbons (Fsp3) is 0.0833. The van der Waals surface area contributed by atoms with Gasteiger partial charge in [-0.25, -0.2) is 4.99 Å². The smallest absolute Gasteiger partial charge is 0.295 e. The van der Waals surface area contributed by atoms with Gasteiger partial charge in [0, 0.05) is 18.5 Å². The van der Waals surface area contributed by atoms with Gasteiger partial charge in [0.2, 0.25) is 0 Å². The van der Waals surface area contributed by atoms with Gasteiger partial charge in [-0.1, -0.05) is 12.1 Å². The molecule has 0 atom stereocenters. The maximum absolute atomic E-state index is 11.0. The summed E-state index contributed by atoms with van der Waals surface area (Å²) >= 11 is 0. The number of benzene rings is 2. The molecule has 0 bridgehead atoms. The van der Waals surface area contributed by atoms with Gasteiger partial charge >= 0.3 is 0 Å². The molecule has 1 aliphatic rings. The summed E-state index contributed by atoms with van der Waals surface area (Å²) in [5.74, 6) is 0. The quantitative estimate of drug-likeness (QED) is 0.556. The predicted octanol–water partition coefficient (Wildman–Crippen LogP) is 2.86. The summed E-state index contributed by atoms with van der Waals surface area (Å²) in [6, 6.07) is 9.06. The maximum Gasteiger partial charge on any atom is 0.295 e. The molecule has 0 fully saturated rings. The highest BCUT2D eigenvalue weighted by Gasteiger charge is 2.21. The van der Waals surface area contributed by atoms with Crippen molar-refractivity contribution in [2.45, 2.75) is 0 Å². The zero-order chi connectivity index (χ0) is 12.0. The molecule has 5 heteroatoms. The summed E-state index contributed by atoms with van der Waals surface area (Å²) in [6.07, 6.45) is 1.60. The van der Waals surface area contributed by atoms with Crippen molar-refractivity contribution in [3.63, 3.8) is 0 Å². The molecule has 0 radical (unpaired) electrons. The molecular formula is C12H9N3O2. The molecule has 2 aromatic rings. The Hall–Kier alpha value is -2.43. The summed E-state index contributed by atoms with van der Waals surface area (Å²) in [4.78, 5) is 16.6. The van der Waals surface area contributed by atoms with Gasteiger partial charge in [-0.2, -0.15) is 0 Å². The van der Waals surface area contributed by atoms with Crippen LogP contribution in [-0.2, 0) is 0 Å². The van der Waals surface area contributed by atoms with Crippen LogP contribution in [0.3, 0.4) is 0 Å². The van der Waals surface area contributed by atoms with Crippen LogP contribution in [0.4, 0.5) is 17.1 Å². The molecule has 0 amide bonds. The van der Waals surface area contributed by atoms with Gasteiger partial charge in [0.15, 0.2) is 5.69 Å². The summed E-state index contributed by atoms with van der Waals surface area (Å²) in [7, 11) is 1.88. The number of rotatable bonds is 1. The first-order valence-electron chi connectivity index (χ1n) is 5.15. The van der Waals surface area contributed by atoms with E-state index in [4.69, 9.17) is 0 Å². The first-order chi connectivity index (χ1) is 8.18. The molecule has 5 nitrogen and oxygen atoms in total. The SMILES string of the molecule is CN1C=Nc2c([N+](=O)[O-])ccc3cccc1c23. The molecule has 0 saturated carbocycles. The Morgan fingerprint density at radius 1 is 1.29 bits per heavy atom. The van der Waals surface area contributed by atoms with E-state index in [-0.39, 0.29) is 5.69 Å². The summed E-state index contributed by atoms with van der Waals surface area (Å²) in [5.41, 5.74) is 1.44. The van der Waals surface area contributed by atoms with E-state index < -0.39 is 4.92 Å². The lowest BCUT2D eigenvalue weighted by molar-refractivity contribution is -0.383. The van der Waals surface area contributed by atoms with Crippen molar-refractivity contribution in [3.05, 3.63) is 40.4 Å². The fourth-order valence-electron chi connectivity index (χ4n) is 2.11. The van der Waals surface area contributed by atoms with Crippen LogP contribution in [0.5, 0.6) is 0 Å². The van der Waals surface area contributed by atoms with E-state index in [1.54, 1.807) is 12.4 Å². The van der Waals surface area contributed by atoms with E-state index in [0.29, 0.717) is 5.69 Å². The van der Waals surface area contributed by atoms with Gasteiger partial charge < -0.3 is 4.90 Å². The van der Waals surface area contributed by atoms with Gasteiger partial charge in [-0.3, -0.25) is 10.1 Å². The number of nitrogens with zero attached hydrogens (tertiary/aromatic N) is 3. The van der Waals surface area contributed by atoms with E-state index in [0.717, 1.165) is 16.5 Å². The number of aliphatic imine (C=N–C) groups is 1. The average Bonchev–Trinajstić information content (AvgIpc) is 2.33. The Balaban J connectivity index is 2.48. The highest BCUT2D eigenvalue weighted by atomic mass is 16.6. The van der Waals surface area contributed by atoms with E-state index in [2.05, 4.69) is 4.99 Å². The van der Waals surface area contributed by atoms with Crippen molar-refractivity contribution in [1.29, 1.82) is 0 Å². The minimum absolute atomic E-state index is 0.0503. The van der Waals surface area contributed by atoms with Crippen molar-refractivity contribution < 1.29 is 4.92 Å². The van der Waals surface area contributed by atoms with Crippen LogP contribution in [0.1, 0.15) is 0 Å². The van der Waals surface area contributed by atoms with Crippen LogP contribution in [0, 0.1) is 10.1 Å². The van der Waals surface area contributed by atoms with Crippen LogP contribution in [-0.4, -0.2) is 18.3 Å². The standard InChI is InChI=1S/C12H9N3O2/c1-14-7-13-12-10(15(16)17)6-5-8-3-2-4-9(14)11(8)12/h2-7H,1H3. The van der Waals surface area contributed by atoms with E-state index in [1.807, 2.05) is 30.1 Å². The Labute approximate surface area is 97.1 Å². The molecule has 0 N–H and O–H groups in total. The van der Waals surface area contributed by atoms with Crippen LogP contribution in [0.15, 0.2) is 35.3 Å². The molecule has 2 aromatic carbocycles. The zero-order valence-electron chi connectivity index (χ0n) is 9.12. The highest BCUT2D eigenvalue weighted by molar-refractivity contribution is 6.11. The summed E-state index contributed by atoms with van der Waals surface area (Å²) < 4.78 is 0. The average molecular weight is 227 g/mol. The lowest BCUT2D eigenvalue weighted by Crippen LogP contribution is -2.16. The van der Waals surface area contributed by atoms with Crippen molar-refractivity contribution in [2.24, 2.45) is 4.99 Å². The second kappa shape index (κ2) is 3.28. The van der Waals surface area contributed by atoms with Gasteiger partial charge in [0.1, 0.15) is 0 Å². The number of hydrogen-bond donors (Lipinski definition) is 0. The van der Waals surface area contributed by atoms with Gasteiger partial charge in [-0.05, 0) is 17.5 Å². The Bertz CT molecular complexity index is 664.